The minimum absolute atomic E-state index is 0.126. The van der Waals surface area contributed by atoms with Crippen LogP contribution in [-0.2, 0) is 14.3 Å². The molecule has 1 N–H and O–H groups in total. The first kappa shape index (κ1) is 18.5. The van der Waals surface area contributed by atoms with Gasteiger partial charge in [0.1, 0.15) is 0 Å². The van der Waals surface area contributed by atoms with Crippen molar-refractivity contribution in [2.75, 3.05) is 0 Å². The molecule has 124 valence electrons. The molecule has 1 unspecified atom stereocenters. The standard InChI is InChI=1S/C18H29NO3/c1-4-6-8-9-10-14(3)12-15(20)13-17-19-18(21)16(22-17)11-7-5-2/h12-13,16H,4-11H2,1-3H3,(H,19,21)/b14-12+,17-13-. The van der Waals surface area contributed by atoms with Gasteiger partial charge in [0.15, 0.2) is 17.8 Å². The summed E-state index contributed by atoms with van der Waals surface area (Å²) >= 11 is 0. The molecule has 0 aromatic carbocycles. The van der Waals surface area contributed by atoms with Gasteiger partial charge in [-0.1, -0.05) is 45.1 Å². The number of rotatable bonds is 10. The van der Waals surface area contributed by atoms with Crippen LogP contribution < -0.4 is 5.32 Å². The molecular formula is C18H29NO3. The van der Waals surface area contributed by atoms with E-state index >= 15 is 0 Å². The molecule has 0 bridgehead atoms. The molecule has 1 rings (SSSR count). The van der Waals surface area contributed by atoms with Gasteiger partial charge in [-0.3, -0.25) is 14.9 Å². The number of unbranched alkanes of at least 4 members (excludes halogenated alkanes) is 4. The zero-order valence-corrected chi connectivity index (χ0v) is 14.1. The lowest BCUT2D eigenvalue weighted by molar-refractivity contribution is -0.123. The van der Waals surface area contributed by atoms with Crippen molar-refractivity contribution < 1.29 is 14.3 Å². The lowest BCUT2D eigenvalue weighted by Crippen LogP contribution is -2.22. The average molecular weight is 307 g/mol. The number of ether oxygens (including phenoxy) is 1. The molecule has 1 atom stereocenters. The van der Waals surface area contributed by atoms with E-state index in [9.17, 15) is 9.59 Å². The van der Waals surface area contributed by atoms with Crippen molar-refractivity contribution >= 4 is 11.7 Å². The molecule has 1 aliphatic heterocycles. The summed E-state index contributed by atoms with van der Waals surface area (Å²) in [6.45, 7) is 6.23. The van der Waals surface area contributed by atoms with Crippen LogP contribution in [0.4, 0.5) is 0 Å². The lowest BCUT2D eigenvalue weighted by Gasteiger charge is -2.05. The fourth-order valence-corrected chi connectivity index (χ4v) is 2.40. The molecule has 0 aromatic rings. The van der Waals surface area contributed by atoms with E-state index in [0.717, 1.165) is 31.3 Å². The van der Waals surface area contributed by atoms with E-state index < -0.39 is 6.10 Å². The van der Waals surface area contributed by atoms with Crippen molar-refractivity contribution in [3.8, 4) is 0 Å². The molecule has 1 fully saturated rings. The number of carbonyl (C=O) groups excluding carboxylic acids is 2. The zero-order chi connectivity index (χ0) is 16.4. The highest BCUT2D eigenvalue weighted by Gasteiger charge is 2.29. The fourth-order valence-electron chi connectivity index (χ4n) is 2.40. The molecule has 1 heterocycles. The summed E-state index contributed by atoms with van der Waals surface area (Å²) in [6, 6.07) is 0. The Balaban J connectivity index is 2.44. The van der Waals surface area contributed by atoms with Gasteiger partial charge in [-0.2, -0.15) is 0 Å². The van der Waals surface area contributed by atoms with Gasteiger partial charge in [0.2, 0.25) is 0 Å². The molecule has 0 saturated carbocycles. The maximum atomic E-state index is 11.9. The third-order valence-electron chi connectivity index (χ3n) is 3.71. The first-order chi connectivity index (χ1) is 10.6. The first-order valence-corrected chi connectivity index (χ1v) is 8.47. The van der Waals surface area contributed by atoms with Gasteiger partial charge in [0.25, 0.3) is 5.91 Å². The van der Waals surface area contributed by atoms with E-state index in [1.165, 1.54) is 25.3 Å². The highest BCUT2D eigenvalue weighted by Crippen LogP contribution is 2.16. The largest absolute Gasteiger partial charge is 0.465 e. The van der Waals surface area contributed by atoms with E-state index in [0.29, 0.717) is 6.42 Å². The number of carbonyl (C=O) groups is 2. The summed E-state index contributed by atoms with van der Waals surface area (Å²) in [5.41, 5.74) is 1.07. The van der Waals surface area contributed by atoms with Gasteiger partial charge in [-0.05, 0) is 38.7 Å². The van der Waals surface area contributed by atoms with Gasteiger partial charge in [0, 0.05) is 6.08 Å². The van der Waals surface area contributed by atoms with Crippen molar-refractivity contribution in [3.63, 3.8) is 0 Å². The van der Waals surface area contributed by atoms with Crippen LogP contribution in [0.3, 0.4) is 0 Å². The molecule has 0 spiro atoms. The van der Waals surface area contributed by atoms with Crippen LogP contribution in [0.2, 0.25) is 0 Å². The monoisotopic (exact) mass is 307 g/mol. The topological polar surface area (TPSA) is 55.4 Å². The van der Waals surface area contributed by atoms with Crippen LogP contribution in [0.5, 0.6) is 0 Å². The second-order valence-electron chi connectivity index (χ2n) is 5.95. The number of nitrogens with one attached hydrogen (secondary N) is 1. The molecule has 1 saturated heterocycles. The van der Waals surface area contributed by atoms with Gasteiger partial charge >= 0.3 is 0 Å². The van der Waals surface area contributed by atoms with Crippen LogP contribution in [-0.4, -0.2) is 17.8 Å². The Bertz CT molecular complexity index is 438. The van der Waals surface area contributed by atoms with Crippen molar-refractivity contribution in [2.45, 2.75) is 78.2 Å². The average Bonchev–Trinajstić information content (AvgIpc) is 2.81. The Kier molecular flexibility index (Phi) is 8.56. The lowest BCUT2D eigenvalue weighted by atomic mass is 10.1. The quantitative estimate of drug-likeness (QED) is 0.490. The summed E-state index contributed by atoms with van der Waals surface area (Å²) < 4.78 is 5.49. The SMILES string of the molecule is CCCCCC/C(C)=C/C(=O)/C=C1/NC(=O)C(CCCC)O1. The highest BCUT2D eigenvalue weighted by atomic mass is 16.5. The van der Waals surface area contributed by atoms with Crippen LogP contribution in [0.15, 0.2) is 23.6 Å². The fraction of sp³-hybridized carbons (Fsp3) is 0.667. The van der Waals surface area contributed by atoms with Crippen LogP contribution >= 0.6 is 0 Å². The number of hydrogen-bond acceptors (Lipinski definition) is 3. The molecule has 1 amide bonds. The van der Waals surface area contributed by atoms with Crippen LogP contribution in [0.1, 0.15) is 72.1 Å². The summed E-state index contributed by atoms with van der Waals surface area (Å²) in [4.78, 5) is 23.6. The van der Waals surface area contributed by atoms with E-state index in [-0.39, 0.29) is 17.6 Å². The number of ketones is 1. The predicted molar refractivity (Wildman–Crippen MR) is 88.1 cm³/mol. The summed E-state index contributed by atoms with van der Waals surface area (Å²) in [5, 5.41) is 2.63. The summed E-state index contributed by atoms with van der Waals surface area (Å²) in [7, 11) is 0. The molecule has 4 nitrogen and oxygen atoms in total. The van der Waals surface area contributed by atoms with Crippen molar-refractivity contribution in [2.24, 2.45) is 0 Å². The molecule has 0 radical (unpaired) electrons. The molecule has 4 heteroatoms. The molecule has 0 aromatic heterocycles. The normalized spacial score (nSPS) is 20.1. The smallest absolute Gasteiger partial charge is 0.267 e. The number of amides is 1. The van der Waals surface area contributed by atoms with Crippen LogP contribution in [0, 0.1) is 0 Å². The Hall–Kier alpha value is -1.58. The first-order valence-electron chi connectivity index (χ1n) is 8.47. The maximum Gasteiger partial charge on any atom is 0.267 e. The second-order valence-corrected chi connectivity index (χ2v) is 5.95. The highest BCUT2D eigenvalue weighted by molar-refractivity contribution is 6.00. The van der Waals surface area contributed by atoms with E-state index in [4.69, 9.17) is 4.74 Å². The third-order valence-corrected chi connectivity index (χ3v) is 3.71. The van der Waals surface area contributed by atoms with E-state index in [1.807, 2.05) is 6.92 Å². The predicted octanol–water partition coefficient (Wildman–Crippen LogP) is 4.02. The summed E-state index contributed by atoms with van der Waals surface area (Å²) in [6.07, 6.45) is 10.9. The van der Waals surface area contributed by atoms with Crippen molar-refractivity contribution in [3.05, 3.63) is 23.6 Å². The Morgan fingerprint density at radius 2 is 1.91 bits per heavy atom. The Morgan fingerprint density at radius 3 is 2.59 bits per heavy atom. The minimum Gasteiger partial charge on any atom is -0.465 e. The summed E-state index contributed by atoms with van der Waals surface area (Å²) in [5.74, 6) is 0.0123. The zero-order valence-electron chi connectivity index (χ0n) is 14.1. The maximum absolute atomic E-state index is 11.9. The molecule has 1 aliphatic rings. The third kappa shape index (κ3) is 6.92. The van der Waals surface area contributed by atoms with Crippen molar-refractivity contribution in [1.29, 1.82) is 0 Å². The van der Waals surface area contributed by atoms with Gasteiger partial charge in [0.05, 0.1) is 0 Å². The number of hydrogen-bond donors (Lipinski definition) is 1. The molecule has 0 aliphatic carbocycles. The Morgan fingerprint density at radius 1 is 1.18 bits per heavy atom. The van der Waals surface area contributed by atoms with Crippen LogP contribution in [0.25, 0.3) is 0 Å². The molecular weight excluding hydrogens is 278 g/mol. The van der Waals surface area contributed by atoms with E-state index in [2.05, 4.69) is 19.2 Å². The molecule has 22 heavy (non-hydrogen) atoms. The Labute approximate surface area is 134 Å². The number of allylic oxidation sites excluding steroid dienone is 3. The van der Waals surface area contributed by atoms with Gasteiger partial charge < -0.3 is 4.74 Å². The van der Waals surface area contributed by atoms with Gasteiger partial charge in [-0.25, -0.2) is 0 Å². The van der Waals surface area contributed by atoms with Gasteiger partial charge in [-0.15, -0.1) is 0 Å². The second kappa shape index (κ2) is 10.2. The van der Waals surface area contributed by atoms with Crippen molar-refractivity contribution in [1.82, 2.24) is 5.32 Å². The van der Waals surface area contributed by atoms with E-state index in [1.54, 1.807) is 6.08 Å². The minimum atomic E-state index is -0.446.